The molecule has 3 N–H and O–H groups in total. The van der Waals surface area contributed by atoms with Crippen LogP contribution in [0.2, 0.25) is 0 Å². The van der Waals surface area contributed by atoms with Crippen molar-refractivity contribution in [2.24, 2.45) is 4.99 Å². The van der Waals surface area contributed by atoms with Crippen molar-refractivity contribution in [3.05, 3.63) is 35.2 Å². The molecule has 1 atom stereocenters. The quantitative estimate of drug-likeness (QED) is 0.370. The number of nitrogens with zero attached hydrogens (tertiary/aromatic N) is 1. The summed E-state index contributed by atoms with van der Waals surface area (Å²) in [5.41, 5.74) is -1.09. The zero-order chi connectivity index (χ0) is 13.6. The van der Waals surface area contributed by atoms with Gasteiger partial charge in [0.1, 0.15) is 11.4 Å². The summed E-state index contributed by atoms with van der Waals surface area (Å²) in [7, 11) is 1.66. The van der Waals surface area contributed by atoms with E-state index in [1.165, 1.54) is 6.26 Å². The third kappa shape index (κ3) is 6.44. The Morgan fingerprint density at radius 2 is 2.26 bits per heavy atom. The molecule has 0 aliphatic carbocycles. The summed E-state index contributed by atoms with van der Waals surface area (Å²) in [6.07, 6.45) is 1.53. The highest BCUT2D eigenvalue weighted by atomic mass is 127. The average Bonchev–Trinajstić information content (AvgIpc) is 2.83. The van der Waals surface area contributed by atoms with Crippen molar-refractivity contribution in [3.8, 4) is 0 Å². The first-order valence-corrected chi connectivity index (χ1v) is 6.29. The van der Waals surface area contributed by atoms with E-state index in [1.807, 2.05) is 0 Å². The molecule has 0 aliphatic rings. The van der Waals surface area contributed by atoms with E-state index in [1.54, 1.807) is 26.1 Å². The predicted molar refractivity (Wildman–Crippen MR) is 91.1 cm³/mol. The number of rotatable bonds is 5. The fourth-order valence-electron chi connectivity index (χ4n) is 1.33. The number of guanidine groups is 1. The van der Waals surface area contributed by atoms with Crippen LogP contribution < -0.4 is 10.6 Å². The first-order valence-electron chi connectivity index (χ1n) is 5.50. The van der Waals surface area contributed by atoms with Crippen LogP contribution in [0.4, 0.5) is 0 Å². The second-order valence-electron chi connectivity index (χ2n) is 4.05. The summed E-state index contributed by atoms with van der Waals surface area (Å²) in [6, 6.07) is 3.48. The maximum Gasteiger partial charge on any atom is 0.191 e. The van der Waals surface area contributed by atoms with Crippen LogP contribution in [0.1, 0.15) is 12.7 Å². The van der Waals surface area contributed by atoms with E-state index in [0.717, 1.165) is 4.48 Å². The van der Waals surface area contributed by atoms with Gasteiger partial charge in [-0.3, -0.25) is 4.99 Å². The standard InChI is InChI=1S/C12H18BrN3O2.HI/c1-9(13)7-15-11(14-3)16-8-12(2,17)10-5-4-6-18-10;/h4-6,17H,1,7-8H2,2-3H3,(H2,14,15,16);1H. The van der Waals surface area contributed by atoms with E-state index < -0.39 is 5.60 Å². The molecule has 0 fully saturated rings. The lowest BCUT2D eigenvalue weighted by Crippen LogP contribution is -2.44. The van der Waals surface area contributed by atoms with Gasteiger partial charge in [0.2, 0.25) is 0 Å². The van der Waals surface area contributed by atoms with Gasteiger partial charge in [-0.2, -0.15) is 0 Å². The zero-order valence-corrected chi connectivity index (χ0v) is 14.9. The molecule has 1 heterocycles. The van der Waals surface area contributed by atoms with Gasteiger partial charge in [-0.15, -0.1) is 24.0 Å². The van der Waals surface area contributed by atoms with Crippen LogP contribution >= 0.6 is 39.9 Å². The van der Waals surface area contributed by atoms with Gasteiger partial charge in [0, 0.05) is 18.1 Å². The van der Waals surface area contributed by atoms with Gasteiger partial charge in [-0.1, -0.05) is 22.5 Å². The summed E-state index contributed by atoms with van der Waals surface area (Å²) in [5.74, 6) is 1.10. The Morgan fingerprint density at radius 3 is 2.74 bits per heavy atom. The minimum atomic E-state index is -1.09. The van der Waals surface area contributed by atoms with E-state index in [0.29, 0.717) is 18.3 Å². The fourth-order valence-corrected chi connectivity index (χ4v) is 1.47. The molecule has 1 aromatic rings. The average molecular weight is 444 g/mol. The second kappa shape index (κ2) is 8.60. The molecular formula is C12H19BrIN3O2. The molecule has 0 radical (unpaired) electrons. The van der Waals surface area contributed by atoms with Crippen molar-refractivity contribution in [1.29, 1.82) is 0 Å². The van der Waals surface area contributed by atoms with Crippen LogP contribution in [-0.4, -0.2) is 31.2 Å². The molecule has 1 rings (SSSR count). The summed E-state index contributed by atoms with van der Waals surface area (Å²) < 4.78 is 6.01. The van der Waals surface area contributed by atoms with Crippen molar-refractivity contribution < 1.29 is 9.52 Å². The minimum absolute atomic E-state index is 0. The molecule has 1 unspecified atom stereocenters. The molecule has 0 spiro atoms. The van der Waals surface area contributed by atoms with E-state index in [2.05, 4.69) is 38.1 Å². The Bertz CT molecular complexity index is 419. The molecule has 7 heteroatoms. The Morgan fingerprint density at radius 1 is 1.58 bits per heavy atom. The van der Waals surface area contributed by atoms with Gasteiger partial charge in [0.15, 0.2) is 5.96 Å². The Balaban J connectivity index is 0.00000324. The number of aliphatic hydroxyl groups is 1. The van der Waals surface area contributed by atoms with Crippen LogP contribution in [0.25, 0.3) is 0 Å². The monoisotopic (exact) mass is 443 g/mol. The molecule has 19 heavy (non-hydrogen) atoms. The van der Waals surface area contributed by atoms with Crippen molar-refractivity contribution in [1.82, 2.24) is 10.6 Å². The van der Waals surface area contributed by atoms with Crippen LogP contribution in [0.15, 0.2) is 38.9 Å². The van der Waals surface area contributed by atoms with Crippen LogP contribution in [0.5, 0.6) is 0 Å². The van der Waals surface area contributed by atoms with Crippen molar-refractivity contribution >= 4 is 45.9 Å². The molecule has 5 nitrogen and oxygen atoms in total. The molecule has 0 saturated heterocycles. The lowest BCUT2D eigenvalue weighted by Gasteiger charge is -2.22. The number of furan rings is 1. The topological polar surface area (TPSA) is 69.8 Å². The van der Waals surface area contributed by atoms with Gasteiger partial charge >= 0.3 is 0 Å². The normalized spacial score (nSPS) is 14.2. The number of aliphatic imine (C=N–C) groups is 1. The molecule has 0 saturated carbocycles. The van der Waals surface area contributed by atoms with Gasteiger partial charge < -0.3 is 20.2 Å². The van der Waals surface area contributed by atoms with Gasteiger partial charge in [-0.05, 0) is 19.1 Å². The first kappa shape index (κ1) is 18.5. The lowest BCUT2D eigenvalue weighted by molar-refractivity contribution is 0.0386. The highest BCUT2D eigenvalue weighted by Crippen LogP contribution is 2.19. The number of halogens is 2. The molecule has 0 bridgehead atoms. The highest BCUT2D eigenvalue weighted by Gasteiger charge is 2.26. The molecular weight excluding hydrogens is 425 g/mol. The van der Waals surface area contributed by atoms with E-state index in [9.17, 15) is 5.11 Å². The van der Waals surface area contributed by atoms with E-state index in [4.69, 9.17) is 4.42 Å². The maximum absolute atomic E-state index is 10.2. The SMILES string of the molecule is C=C(Br)CNC(=NC)NCC(C)(O)c1ccco1.I. The summed E-state index contributed by atoms with van der Waals surface area (Å²) >= 11 is 3.25. The Hall–Kier alpha value is -0.540. The minimum Gasteiger partial charge on any atom is -0.466 e. The first-order chi connectivity index (χ1) is 8.45. The lowest BCUT2D eigenvalue weighted by atomic mass is 10.0. The highest BCUT2D eigenvalue weighted by molar-refractivity contribution is 14.0. The molecule has 108 valence electrons. The number of hydrogen-bond acceptors (Lipinski definition) is 3. The van der Waals surface area contributed by atoms with Gasteiger partial charge in [0.25, 0.3) is 0 Å². The fraction of sp³-hybridized carbons (Fsp3) is 0.417. The Labute approximate surface area is 138 Å². The van der Waals surface area contributed by atoms with Gasteiger partial charge in [0.05, 0.1) is 12.8 Å². The van der Waals surface area contributed by atoms with Gasteiger partial charge in [-0.25, -0.2) is 0 Å². The number of nitrogens with one attached hydrogen (secondary N) is 2. The van der Waals surface area contributed by atoms with Crippen LogP contribution in [0, 0.1) is 0 Å². The summed E-state index contributed by atoms with van der Waals surface area (Å²) in [6.45, 7) is 6.24. The third-order valence-electron chi connectivity index (χ3n) is 2.32. The molecule has 0 aromatic carbocycles. The number of hydrogen-bond donors (Lipinski definition) is 3. The largest absolute Gasteiger partial charge is 0.466 e. The van der Waals surface area contributed by atoms with Crippen molar-refractivity contribution in [3.63, 3.8) is 0 Å². The predicted octanol–water partition coefficient (Wildman–Crippen LogP) is 2.18. The summed E-state index contributed by atoms with van der Waals surface area (Å²) in [5, 5.41) is 16.3. The molecule has 1 aromatic heterocycles. The zero-order valence-electron chi connectivity index (χ0n) is 10.9. The van der Waals surface area contributed by atoms with Crippen molar-refractivity contribution in [2.45, 2.75) is 12.5 Å². The Kier molecular flexibility index (Phi) is 8.35. The van der Waals surface area contributed by atoms with E-state index in [-0.39, 0.29) is 30.5 Å². The second-order valence-corrected chi connectivity index (χ2v) is 5.17. The summed E-state index contributed by atoms with van der Waals surface area (Å²) in [4.78, 5) is 4.04. The smallest absolute Gasteiger partial charge is 0.191 e. The van der Waals surface area contributed by atoms with E-state index >= 15 is 0 Å². The van der Waals surface area contributed by atoms with Crippen molar-refractivity contribution in [2.75, 3.05) is 20.1 Å². The molecule has 0 amide bonds. The third-order valence-corrected chi connectivity index (χ3v) is 2.60. The van der Waals surface area contributed by atoms with Crippen LogP contribution in [0.3, 0.4) is 0 Å². The molecule has 0 aliphatic heterocycles. The van der Waals surface area contributed by atoms with Crippen LogP contribution in [-0.2, 0) is 5.60 Å². The maximum atomic E-state index is 10.2.